The van der Waals surface area contributed by atoms with Crippen LogP contribution in [0.15, 0.2) is 12.4 Å². The Morgan fingerprint density at radius 2 is 2.11 bits per heavy atom. The van der Waals surface area contributed by atoms with Gasteiger partial charge in [0.05, 0.1) is 11.9 Å². The van der Waals surface area contributed by atoms with Crippen molar-refractivity contribution in [2.75, 3.05) is 13.2 Å². The van der Waals surface area contributed by atoms with Crippen LogP contribution in [0.5, 0.6) is 5.88 Å². The second kappa shape index (κ2) is 6.48. The first-order valence-electron chi connectivity index (χ1n) is 5.26. The molecule has 0 aliphatic heterocycles. The van der Waals surface area contributed by atoms with Gasteiger partial charge in [0, 0.05) is 12.7 Å². The molecule has 0 aliphatic rings. The maximum Gasteiger partial charge on any atom is 0.340 e. The minimum absolute atomic E-state index is 0.203. The SMILES string of the molecule is CCNCc1cncc(OCC(F)(F)C(F)F)n1. The van der Waals surface area contributed by atoms with Crippen LogP contribution in [0.2, 0.25) is 0 Å². The van der Waals surface area contributed by atoms with E-state index < -0.39 is 19.0 Å². The maximum atomic E-state index is 12.6. The van der Waals surface area contributed by atoms with E-state index in [0.29, 0.717) is 18.8 Å². The highest BCUT2D eigenvalue weighted by molar-refractivity contribution is 5.08. The maximum absolute atomic E-state index is 12.6. The zero-order valence-electron chi connectivity index (χ0n) is 9.67. The van der Waals surface area contributed by atoms with E-state index in [0.717, 1.165) is 6.20 Å². The number of halogens is 4. The number of nitrogens with one attached hydrogen (secondary N) is 1. The third kappa shape index (κ3) is 4.44. The molecule has 0 aromatic carbocycles. The number of nitrogens with zero attached hydrogens (tertiary/aromatic N) is 2. The summed E-state index contributed by atoms with van der Waals surface area (Å²) in [5.74, 6) is -4.40. The summed E-state index contributed by atoms with van der Waals surface area (Å²) in [5, 5.41) is 2.96. The van der Waals surface area contributed by atoms with Crippen LogP contribution in [-0.2, 0) is 6.54 Å². The normalized spacial score (nSPS) is 11.9. The van der Waals surface area contributed by atoms with E-state index in [4.69, 9.17) is 0 Å². The van der Waals surface area contributed by atoms with Gasteiger partial charge in [0.15, 0.2) is 6.61 Å². The summed E-state index contributed by atoms with van der Waals surface area (Å²) in [5.41, 5.74) is 0.481. The Balaban J connectivity index is 2.57. The summed E-state index contributed by atoms with van der Waals surface area (Å²) in [4.78, 5) is 7.57. The number of rotatable bonds is 7. The quantitative estimate of drug-likeness (QED) is 0.766. The smallest absolute Gasteiger partial charge is 0.340 e. The predicted molar refractivity (Wildman–Crippen MR) is 55.9 cm³/mol. The summed E-state index contributed by atoms with van der Waals surface area (Å²) in [6, 6.07) is 0. The van der Waals surface area contributed by atoms with E-state index in [1.54, 1.807) is 0 Å². The van der Waals surface area contributed by atoms with Gasteiger partial charge in [-0.3, -0.25) is 4.98 Å². The molecule has 0 fully saturated rings. The van der Waals surface area contributed by atoms with Gasteiger partial charge in [-0.15, -0.1) is 0 Å². The van der Waals surface area contributed by atoms with Crippen molar-refractivity contribution in [2.24, 2.45) is 0 Å². The molecule has 1 aromatic rings. The van der Waals surface area contributed by atoms with Crippen molar-refractivity contribution in [3.63, 3.8) is 0 Å². The molecule has 18 heavy (non-hydrogen) atoms. The summed E-state index contributed by atoms with van der Waals surface area (Å²) < 4.78 is 53.5. The molecule has 0 spiro atoms. The van der Waals surface area contributed by atoms with Gasteiger partial charge >= 0.3 is 12.3 Å². The van der Waals surface area contributed by atoms with Gasteiger partial charge < -0.3 is 10.1 Å². The fraction of sp³-hybridized carbons (Fsp3) is 0.600. The average molecular weight is 267 g/mol. The van der Waals surface area contributed by atoms with Crippen LogP contribution in [0.3, 0.4) is 0 Å². The molecule has 0 unspecified atom stereocenters. The van der Waals surface area contributed by atoms with E-state index >= 15 is 0 Å². The van der Waals surface area contributed by atoms with Crippen molar-refractivity contribution >= 4 is 0 Å². The summed E-state index contributed by atoms with van der Waals surface area (Å²) in [7, 11) is 0. The summed E-state index contributed by atoms with van der Waals surface area (Å²) in [6.07, 6.45) is -1.24. The molecule has 4 nitrogen and oxygen atoms in total. The Morgan fingerprint density at radius 1 is 1.39 bits per heavy atom. The number of hydrogen-bond acceptors (Lipinski definition) is 4. The van der Waals surface area contributed by atoms with E-state index in [2.05, 4.69) is 20.0 Å². The van der Waals surface area contributed by atoms with Gasteiger partial charge in [0.2, 0.25) is 5.88 Å². The molecule has 0 aliphatic carbocycles. The van der Waals surface area contributed by atoms with Gasteiger partial charge in [-0.1, -0.05) is 6.92 Å². The van der Waals surface area contributed by atoms with Crippen LogP contribution in [0.25, 0.3) is 0 Å². The average Bonchev–Trinajstić information content (AvgIpc) is 2.34. The van der Waals surface area contributed by atoms with Crippen molar-refractivity contribution in [3.05, 3.63) is 18.1 Å². The van der Waals surface area contributed by atoms with Crippen LogP contribution in [0.4, 0.5) is 17.6 Å². The van der Waals surface area contributed by atoms with Crippen LogP contribution in [0, 0.1) is 0 Å². The first-order chi connectivity index (χ1) is 8.45. The second-order valence-electron chi connectivity index (χ2n) is 3.48. The number of aromatic nitrogens is 2. The van der Waals surface area contributed by atoms with Crippen LogP contribution >= 0.6 is 0 Å². The molecule has 8 heteroatoms. The molecule has 1 N–H and O–H groups in total. The van der Waals surface area contributed by atoms with Crippen LogP contribution in [-0.4, -0.2) is 35.5 Å². The fourth-order valence-electron chi connectivity index (χ4n) is 1.03. The Hall–Kier alpha value is -1.44. The number of hydrogen-bond donors (Lipinski definition) is 1. The molecule has 1 heterocycles. The second-order valence-corrected chi connectivity index (χ2v) is 3.48. The van der Waals surface area contributed by atoms with Crippen molar-refractivity contribution in [1.29, 1.82) is 0 Å². The molecule has 0 saturated heterocycles. The number of alkyl halides is 4. The zero-order valence-corrected chi connectivity index (χ0v) is 9.67. The first kappa shape index (κ1) is 14.6. The Labute approximate surface area is 101 Å². The number of ether oxygens (including phenoxy) is 1. The Kier molecular flexibility index (Phi) is 5.26. The largest absolute Gasteiger partial charge is 0.470 e. The highest BCUT2D eigenvalue weighted by Gasteiger charge is 2.41. The molecule has 1 rings (SSSR count). The lowest BCUT2D eigenvalue weighted by Crippen LogP contribution is -2.34. The van der Waals surface area contributed by atoms with Crippen molar-refractivity contribution in [1.82, 2.24) is 15.3 Å². The van der Waals surface area contributed by atoms with E-state index in [-0.39, 0.29) is 5.88 Å². The molecular weight excluding hydrogens is 254 g/mol. The molecule has 102 valence electrons. The lowest BCUT2D eigenvalue weighted by molar-refractivity contribution is -0.148. The molecule has 1 aromatic heterocycles. The fourth-order valence-corrected chi connectivity index (χ4v) is 1.03. The minimum Gasteiger partial charge on any atom is -0.470 e. The van der Waals surface area contributed by atoms with Crippen molar-refractivity contribution in [2.45, 2.75) is 25.8 Å². The van der Waals surface area contributed by atoms with Gasteiger partial charge in [-0.25, -0.2) is 13.8 Å². The van der Waals surface area contributed by atoms with E-state index in [9.17, 15) is 17.6 Å². The van der Waals surface area contributed by atoms with Gasteiger partial charge in [0.25, 0.3) is 0 Å². The van der Waals surface area contributed by atoms with Gasteiger partial charge in [-0.05, 0) is 6.54 Å². The van der Waals surface area contributed by atoms with E-state index in [1.165, 1.54) is 6.20 Å². The minimum atomic E-state index is -4.20. The molecule has 0 saturated carbocycles. The van der Waals surface area contributed by atoms with Crippen molar-refractivity contribution < 1.29 is 22.3 Å². The molecule has 0 amide bonds. The standard InChI is InChI=1S/C10H13F4N3O/c1-2-15-3-7-4-16-5-8(17-7)18-6-10(13,14)9(11)12/h4-5,9,15H,2-3,6H2,1H3. The van der Waals surface area contributed by atoms with Gasteiger partial charge in [-0.2, -0.15) is 8.78 Å². The van der Waals surface area contributed by atoms with Crippen molar-refractivity contribution in [3.8, 4) is 5.88 Å². The highest BCUT2D eigenvalue weighted by atomic mass is 19.3. The lowest BCUT2D eigenvalue weighted by atomic mass is 10.4. The van der Waals surface area contributed by atoms with Crippen LogP contribution in [0.1, 0.15) is 12.6 Å². The predicted octanol–water partition coefficient (Wildman–Crippen LogP) is 1.87. The zero-order chi connectivity index (χ0) is 13.6. The summed E-state index contributed by atoms with van der Waals surface area (Å²) >= 11 is 0. The lowest BCUT2D eigenvalue weighted by Gasteiger charge is -2.15. The molecule has 0 radical (unpaired) electrons. The Bertz CT molecular complexity index is 376. The highest BCUT2D eigenvalue weighted by Crippen LogP contribution is 2.23. The first-order valence-corrected chi connectivity index (χ1v) is 5.26. The molecule has 0 bridgehead atoms. The van der Waals surface area contributed by atoms with Crippen LogP contribution < -0.4 is 10.1 Å². The van der Waals surface area contributed by atoms with E-state index in [1.807, 2.05) is 6.92 Å². The third-order valence-corrected chi connectivity index (χ3v) is 1.95. The van der Waals surface area contributed by atoms with Gasteiger partial charge in [0.1, 0.15) is 0 Å². The third-order valence-electron chi connectivity index (χ3n) is 1.95. The Morgan fingerprint density at radius 3 is 2.72 bits per heavy atom. The summed E-state index contributed by atoms with van der Waals surface area (Å²) in [6.45, 7) is 1.56. The molecular formula is C10H13F4N3O. The monoisotopic (exact) mass is 267 g/mol. The molecule has 0 atom stereocenters. The topological polar surface area (TPSA) is 47.0 Å².